The maximum Gasteiger partial charge on any atom is 0.322 e. The van der Waals surface area contributed by atoms with Crippen molar-refractivity contribution in [2.75, 3.05) is 16.2 Å². The second-order valence-corrected chi connectivity index (χ2v) is 13.7. The van der Waals surface area contributed by atoms with Crippen molar-refractivity contribution in [1.82, 2.24) is 10.2 Å². The molecule has 4 aromatic rings. The number of hydrogen-bond donors (Lipinski definition) is 1. The number of benzene rings is 3. The number of anilines is 2. The van der Waals surface area contributed by atoms with E-state index < -0.39 is 31.0 Å². The normalized spacial score (nSPS) is 13.8. The molecule has 1 N–H and O–H groups in total. The first-order valence-electron chi connectivity index (χ1n) is 12.3. The highest BCUT2D eigenvalue weighted by Gasteiger charge is 2.29. The molecule has 0 aliphatic carbocycles. The van der Waals surface area contributed by atoms with E-state index in [1.165, 1.54) is 40.7 Å². The monoisotopic (exact) mass is 566 g/mol. The van der Waals surface area contributed by atoms with Gasteiger partial charge in [0.2, 0.25) is 5.89 Å². The summed E-state index contributed by atoms with van der Waals surface area (Å²) < 4.78 is 58.6. The van der Waals surface area contributed by atoms with Gasteiger partial charge >= 0.3 is 6.01 Å². The summed E-state index contributed by atoms with van der Waals surface area (Å²) in [4.78, 5) is 13.0. The van der Waals surface area contributed by atoms with E-state index in [0.717, 1.165) is 18.4 Å². The molecule has 1 aliphatic heterocycles. The number of nitrogens with zero attached hydrogens (tertiary/aromatic N) is 3. The van der Waals surface area contributed by atoms with E-state index in [0.29, 0.717) is 17.8 Å². The van der Waals surface area contributed by atoms with Gasteiger partial charge in [-0.2, -0.15) is 0 Å². The lowest BCUT2D eigenvalue weighted by molar-refractivity contribution is 0.102. The van der Waals surface area contributed by atoms with Crippen LogP contribution in [0.25, 0.3) is 11.5 Å². The summed E-state index contributed by atoms with van der Waals surface area (Å²) in [5, 5.41) is 9.62. The lowest BCUT2D eigenvalue weighted by Crippen LogP contribution is -2.35. The lowest BCUT2D eigenvalue weighted by Gasteiger charge is -2.30. The number of hydrogen-bond acceptors (Lipinski definition) is 8. The Balaban J connectivity index is 1.31. The van der Waals surface area contributed by atoms with Crippen LogP contribution in [0, 0.1) is 0 Å². The van der Waals surface area contributed by atoms with Gasteiger partial charge in [0.1, 0.15) is 0 Å². The zero-order chi connectivity index (χ0) is 27.8. The Morgan fingerprint density at radius 2 is 1.67 bits per heavy atom. The van der Waals surface area contributed by atoms with Crippen LogP contribution in [0.1, 0.15) is 36.2 Å². The number of rotatable bonds is 7. The number of aromatic nitrogens is 2. The number of amides is 1. The molecule has 0 fully saturated rings. The highest BCUT2D eigenvalue weighted by molar-refractivity contribution is 7.93. The number of para-hydroxylation sites is 1. The molecule has 12 heteroatoms. The molecular weight excluding hydrogens is 540 g/mol. The van der Waals surface area contributed by atoms with Crippen LogP contribution in [0.2, 0.25) is 0 Å². The van der Waals surface area contributed by atoms with Gasteiger partial charge in [0.25, 0.3) is 15.9 Å². The predicted molar refractivity (Wildman–Crippen MR) is 146 cm³/mol. The molecule has 1 aromatic heterocycles. The van der Waals surface area contributed by atoms with Gasteiger partial charge in [-0.1, -0.05) is 29.4 Å². The van der Waals surface area contributed by atoms with E-state index in [4.69, 9.17) is 4.42 Å². The fraction of sp³-hybridized carbons (Fsp3) is 0.222. The van der Waals surface area contributed by atoms with E-state index in [1.807, 2.05) is 18.2 Å². The van der Waals surface area contributed by atoms with E-state index in [2.05, 4.69) is 15.5 Å². The van der Waals surface area contributed by atoms with Gasteiger partial charge in [0, 0.05) is 17.7 Å². The van der Waals surface area contributed by atoms with Crippen LogP contribution in [0.5, 0.6) is 0 Å². The van der Waals surface area contributed by atoms with Crippen LogP contribution in [0.15, 0.2) is 87.0 Å². The number of aryl methyl sites for hydroxylation is 1. The Morgan fingerprint density at radius 3 is 2.41 bits per heavy atom. The van der Waals surface area contributed by atoms with Crippen LogP contribution >= 0.6 is 0 Å². The Bertz CT molecular complexity index is 1750. The van der Waals surface area contributed by atoms with E-state index >= 15 is 0 Å². The smallest absolute Gasteiger partial charge is 0.322 e. The van der Waals surface area contributed by atoms with Gasteiger partial charge in [-0.15, -0.1) is 5.10 Å². The number of carbonyl (C=O) groups excluding carboxylic acids is 1. The maximum absolute atomic E-state index is 13.3. The number of sulfone groups is 1. The molecule has 1 amide bonds. The lowest BCUT2D eigenvalue weighted by atomic mass is 10.0. The molecule has 5 rings (SSSR count). The summed E-state index contributed by atoms with van der Waals surface area (Å²) in [6.07, 6.45) is 1.54. The molecule has 0 saturated carbocycles. The molecule has 0 spiro atoms. The molecule has 1 aliphatic rings. The van der Waals surface area contributed by atoms with Crippen molar-refractivity contribution in [2.24, 2.45) is 0 Å². The van der Waals surface area contributed by atoms with Gasteiger partial charge in [0.15, 0.2) is 9.84 Å². The van der Waals surface area contributed by atoms with Crippen molar-refractivity contribution < 1.29 is 26.0 Å². The predicted octanol–water partition coefficient (Wildman–Crippen LogP) is 4.31. The highest BCUT2D eigenvalue weighted by Crippen LogP contribution is 2.32. The maximum atomic E-state index is 13.3. The number of carbonyl (C=O) groups is 1. The first kappa shape index (κ1) is 26.6. The van der Waals surface area contributed by atoms with Gasteiger partial charge in [-0.05, 0) is 80.8 Å². The summed E-state index contributed by atoms with van der Waals surface area (Å²) in [5.41, 5.74) is 2.23. The minimum absolute atomic E-state index is 0.0364. The summed E-state index contributed by atoms with van der Waals surface area (Å²) >= 11 is 0. The van der Waals surface area contributed by atoms with Crippen molar-refractivity contribution in [1.29, 1.82) is 0 Å². The van der Waals surface area contributed by atoms with Crippen LogP contribution in [-0.2, 0) is 26.3 Å². The van der Waals surface area contributed by atoms with Gasteiger partial charge in [0.05, 0.1) is 20.7 Å². The largest absolute Gasteiger partial charge is 0.403 e. The molecular formula is C27H26N4O6S2. The van der Waals surface area contributed by atoms with Gasteiger partial charge < -0.3 is 4.42 Å². The first-order chi connectivity index (χ1) is 18.6. The Labute approximate surface area is 226 Å². The summed E-state index contributed by atoms with van der Waals surface area (Å²) in [6, 6.07) is 19.0. The SMILES string of the molecule is CC(C)S(=O)(=O)c1cccc(-c2nnc(NC(=O)c3ccc(S(=O)(=O)N4CCCc5ccccc54)cc3)o2)c1. The first-order valence-corrected chi connectivity index (χ1v) is 15.3. The Kier molecular flexibility index (Phi) is 7.00. The molecule has 202 valence electrons. The molecule has 2 heterocycles. The van der Waals surface area contributed by atoms with Crippen molar-refractivity contribution in [3.63, 3.8) is 0 Å². The van der Waals surface area contributed by atoms with Crippen LogP contribution in [-0.4, -0.2) is 44.7 Å². The van der Waals surface area contributed by atoms with Crippen LogP contribution < -0.4 is 9.62 Å². The molecule has 0 bridgehead atoms. The zero-order valence-electron chi connectivity index (χ0n) is 21.2. The third-order valence-electron chi connectivity index (χ3n) is 6.45. The fourth-order valence-electron chi connectivity index (χ4n) is 4.29. The second-order valence-electron chi connectivity index (χ2n) is 9.32. The zero-order valence-corrected chi connectivity index (χ0v) is 22.9. The van der Waals surface area contributed by atoms with Gasteiger partial charge in [-0.25, -0.2) is 16.8 Å². The van der Waals surface area contributed by atoms with Crippen molar-refractivity contribution in [3.05, 3.63) is 83.9 Å². The number of nitrogens with one attached hydrogen (secondary N) is 1. The second kappa shape index (κ2) is 10.3. The number of fused-ring (bicyclic) bond motifs is 1. The molecule has 0 saturated heterocycles. The molecule has 39 heavy (non-hydrogen) atoms. The Hall–Kier alpha value is -4.03. The standard InChI is InChI=1S/C27H26N4O6S2/c1-18(2)38(33,34)23-10-5-8-21(17-23)26-29-30-27(37-26)28-25(32)20-12-14-22(15-13-20)39(35,36)31-16-6-9-19-7-3-4-11-24(19)31/h3-5,7-8,10-15,17-18H,6,9,16H2,1-2H3,(H,28,30,32). The average Bonchev–Trinajstić information content (AvgIpc) is 3.41. The summed E-state index contributed by atoms with van der Waals surface area (Å²) in [7, 11) is -7.30. The molecule has 0 unspecified atom stereocenters. The van der Waals surface area contributed by atoms with Gasteiger partial charge in [-0.3, -0.25) is 14.4 Å². The summed E-state index contributed by atoms with van der Waals surface area (Å²) in [5.74, 6) is -0.539. The highest BCUT2D eigenvalue weighted by atomic mass is 32.2. The summed E-state index contributed by atoms with van der Waals surface area (Å²) in [6.45, 7) is 3.57. The molecule has 0 atom stereocenters. The minimum Gasteiger partial charge on any atom is -0.403 e. The average molecular weight is 567 g/mol. The molecule has 3 aromatic carbocycles. The quantitative estimate of drug-likeness (QED) is 0.349. The van der Waals surface area contributed by atoms with Crippen molar-refractivity contribution >= 4 is 37.5 Å². The van der Waals surface area contributed by atoms with Crippen molar-refractivity contribution in [3.8, 4) is 11.5 Å². The van der Waals surface area contributed by atoms with E-state index in [1.54, 1.807) is 32.0 Å². The Morgan fingerprint density at radius 1 is 0.923 bits per heavy atom. The molecule has 0 radical (unpaired) electrons. The van der Waals surface area contributed by atoms with E-state index in [9.17, 15) is 21.6 Å². The van der Waals surface area contributed by atoms with E-state index in [-0.39, 0.29) is 27.3 Å². The minimum atomic E-state index is -3.81. The molecule has 10 nitrogen and oxygen atoms in total. The van der Waals surface area contributed by atoms with Crippen LogP contribution in [0.3, 0.4) is 0 Å². The van der Waals surface area contributed by atoms with Crippen LogP contribution in [0.4, 0.5) is 11.7 Å². The fourth-order valence-corrected chi connectivity index (χ4v) is 6.94. The third kappa shape index (κ3) is 5.17. The van der Waals surface area contributed by atoms with Crippen molar-refractivity contribution in [2.45, 2.75) is 41.7 Å². The third-order valence-corrected chi connectivity index (χ3v) is 10.4. The topological polar surface area (TPSA) is 140 Å². The number of sulfonamides is 1.